The Morgan fingerprint density at radius 2 is 1.94 bits per heavy atom. The molecule has 0 saturated heterocycles. The summed E-state index contributed by atoms with van der Waals surface area (Å²) in [6, 6.07) is 2.52. The van der Waals surface area contributed by atoms with Gasteiger partial charge in [-0.25, -0.2) is 4.79 Å². The van der Waals surface area contributed by atoms with Crippen molar-refractivity contribution in [1.82, 2.24) is 5.32 Å². The van der Waals surface area contributed by atoms with Gasteiger partial charge in [0.2, 0.25) is 5.76 Å². The molecule has 0 saturated carbocycles. The normalized spacial score (nSPS) is 11.2. The van der Waals surface area contributed by atoms with Gasteiger partial charge in [0, 0.05) is 12.1 Å². The van der Waals surface area contributed by atoms with E-state index in [1.165, 1.54) is 12.1 Å². The third-order valence-corrected chi connectivity index (χ3v) is 2.23. The van der Waals surface area contributed by atoms with Crippen LogP contribution >= 0.6 is 0 Å². The summed E-state index contributed by atoms with van der Waals surface area (Å²) >= 11 is 0. The number of carbonyl (C=O) groups is 2. The summed E-state index contributed by atoms with van der Waals surface area (Å²) in [4.78, 5) is 22.3. The standard InChI is InChI=1S/C11H15NO5/c1-11(2,5-6-13)12-9(14)7-3-4-8(17-7)10(15)16/h3-4,13H,5-6H2,1-2H3,(H,12,14)(H,15,16). The fraction of sp³-hybridized carbons (Fsp3) is 0.455. The van der Waals surface area contributed by atoms with Crippen molar-refractivity contribution in [3.05, 3.63) is 23.7 Å². The predicted molar refractivity (Wildman–Crippen MR) is 58.9 cm³/mol. The zero-order chi connectivity index (χ0) is 13.1. The number of aliphatic hydroxyl groups excluding tert-OH is 1. The Bertz CT molecular complexity index is 421. The van der Waals surface area contributed by atoms with E-state index in [9.17, 15) is 9.59 Å². The van der Waals surface area contributed by atoms with Crippen molar-refractivity contribution < 1.29 is 24.2 Å². The number of carboxylic acids is 1. The van der Waals surface area contributed by atoms with Crippen LogP contribution in [0.3, 0.4) is 0 Å². The Balaban J connectivity index is 2.73. The predicted octanol–water partition coefficient (Wildman–Crippen LogP) is 0.869. The first kappa shape index (κ1) is 13.2. The van der Waals surface area contributed by atoms with E-state index in [2.05, 4.69) is 5.32 Å². The van der Waals surface area contributed by atoms with Gasteiger partial charge < -0.3 is 19.9 Å². The quantitative estimate of drug-likeness (QED) is 0.710. The molecule has 0 atom stereocenters. The maximum atomic E-state index is 11.7. The minimum atomic E-state index is -1.22. The first-order valence-electron chi connectivity index (χ1n) is 5.12. The molecule has 94 valence electrons. The van der Waals surface area contributed by atoms with Crippen molar-refractivity contribution in [1.29, 1.82) is 0 Å². The molecule has 0 radical (unpaired) electrons. The number of hydrogen-bond acceptors (Lipinski definition) is 4. The second kappa shape index (κ2) is 5.01. The zero-order valence-corrected chi connectivity index (χ0v) is 9.69. The van der Waals surface area contributed by atoms with Crippen molar-refractivity contribution in [2.75, 3.05) is 6.61 Å². The van der Waals surface area contributed by atoms with Gasteiger partial charge in [-0.1, -0.05) is 0 Å². The molecule has 6 heteroatoms. The molecule has 0 bridgehead atoms. The van der Waals surface area contributed by atoms with E-state index < -0.39 is 17.4 Å². The molecule has 0 fully saturated rings. The lowest BCUT2D eigenvalue weighted by Gasteiger charge is -2.24. The highest BCUT2D eigenvalue weighted by atomic mass is 16.4. The molecule has 6 nitrogen and oxygen atoms in total. The summed E-state index contributed by atoms with van der Waals surface area (Å²) in [5.41, 5.74) is -0.581. The molecule has 3 N–H and O–H groups in total. The maximum Gasteiger partial charge on any atom is 0.371 e. The van der Waals surface area contributed by atoms with Crippen molar-refractivity contribution in [3.63, 3.8) is 0 Å². The number of furan rings is 1. The minimum Gasteiger partial charge on any atom is -0.475 e. The lowest BCUT2D eigenvalue weighted by atomic mass is 10.0. The fourth-order valence-corrected chi connectivity index (χ4v) is 1.29. The zero-order valence-electron chi connectivity index (χ0n) is 9.69. The summed E-state index contributed by atoms with van der Waals surface area (Å²) in [6.07, 6.45) is 0.394. The van der Waals surface area contributed by atoms with Gasteiger partial charge in [0.1, 0.15) is 0 Å². The SMILES string of the molecule is CC(C)(CCO)NC(=O)c1ccc(C(=O)O)o1. The van der Waals surface area contributed by atoms with Gasteiger partial charge in [-0.05, 0) is 32.4 Å². The Hall–Kier alpha value is -1.82. The lowest BCUT2D eigenvalue weighted by molar-refractivity contribution is 0.0659. The van der Waals surface area contributed by atoms with Crippen LogP contribution in [-0.4, -0.2) is 34.2 Å². The summed E-state index contributed by atoms with van der Waals surface area (Å²) in [7, 11) is 0. The molecular formula is C11H15NO5. The van der Waals surface area contributed by atoms with Crippen LogP contribution in [0.15, 0.2) is 16.5 Å². The summed E-state index contributed by atoms with van der Waals surface area (Å²) in [5.74, 6) is -2.07. The molecule has 0 aliphatic carbocycles. The van der Waals surface area contributed by atoms with Gasteiger partial charge in [-0.3, -0.25) is 4.79 Å². The van der Waals surface area contributed by atoms with Crippen LogP contribution in [0.5, 0.6) is 0 Å². The van der Waals surface area contributed by atoms with E-state index in [1.54, 1.807) is 13.8 Å². The second-order valence-corrected chi connectivity index (χ2v) is 4.28. The highest BCUT2D eigenvalue weighted by molar-refractivity contribution is 5.93. The highest BCUT2D eigenvalue weighted by Gasteiger charge is 2.23. The minimum absolute atomic E-state index is 0.0498. The highest BCUT2D eigenvalue weighted by Crippen LogP contribution is 2.12. The van der Waals surface area contributed by atoms with Gasteiger partial charge in [0.25, 0.3) is 5.91 Å². The van der Waals surface area contributed by atoms with E-state index in [4.69, 9.17) is 14.6 Å². The third-order valence-electron chi connectivity index (χ3n) is 2.23. The molecule has 0 aromatic carbocycles. The molecule has 0 spiro atoms. The molecule has 1 aromatic heterocycles. The average Bonchev–Trinajstić information content (AvgIpc) is 2.64. The van der Waals surface area contributed by atoms with Crippen molar-refractivity contribution in [3.8, 4) is 0 Å². The van der Waals surface area contributed by atoms with Crippen molar-refractivity contribution in [2.24, 2.45) is 0 Å². The van der Waals surface area contributed by atoms with Crippen LogP contribution in [-0.2, 0) is 0 Å². The Morgan fingerprint density at radius 3 is 2.41 bits per heavy atom. The number of aliphatic hydroxyl groups is 1. The van der Waals surface area contributed by atoms with Crippen LogP contribution < -0.4 is 5.32 Å². The van der Waals surface area contributed by atoms with Crippen LogP contribution in [0.2, 0.25) is 0 Å². The van der Waals surface area contributed by atoms with Crippen LogP contribution in [0.4, 0.5) is 0 Å². The molecule has 0 aliphatic rings. The Kier molecular flexibility index (Phi) is 3.90. The van der Waals surface area contributed by atoms with E-state index >= 15 is 0 Å². The monoisotopic (exact) mass is 241 g/mol. The van der Waals surface area contributed by atoms with Crippen LogP contribution in [0.1, 0.15) is 41.4 Å². The number of carboxylic acid groups (broad SMARTS) is 1. The molecule has 1 rings (SSSR count). The summed E-state index contributed by atoms with van der Waals surface area (Å²) in [5, 5.41) is 20.1. The van der Waals surface area contributed by atoms with E-state index in [0.29, 0.717) is 6.42 Å². The molecule has 1 heterocycles. The van der Waals surface area contributed by atoms with Crippen molar-refractivity contribution >= 4 is 11.9 Å². The first-order valence-corrected chi connectivity index (χ1v) is 5.12. The summed E-state index contributed by atoms with van der Waals surface area (Å²) in [6.45, 7) is 3.45. The van der Waals surface area contributed by atoms with E-state index in [0.717, 1.165) is 0 Å². The van der Waals surface area contributed by atoms with E-state index in [-0.39, 0.29) is 18.1 Å². The lowest BCUT2D eigenvalue weighted by Crippen LogP contribution is -2.43. The molecule has 1 amide bonds. The fourth-order valence-electron chi connectivity index (χ4n) is 1.29. The number of rotatable bonds is 5. The first-order chi connectivity index (χ1) is 7.85. The van der Waals surface area contributed by atoms with E-state index in [1.807, 2.05) is 0 Å². The van der Waals surface area contributed by atoms with Crippen LogP contribution in [0, 0.1) is 0 Å². The second-order valence-electron chi connectivity index (χ2n) is 4.28. The number of nitrogens with one attached hydrogen (secondary N) is 1. The van der Waals surface area contributed by atoms with Gasteiger partial charge in [-0.15, -0.1) is 0 Å². The van der Waals surface area contributed by atoms with Gasteiger partial charge in [0.05, 0.1) is 0 Å². The number of aromatic carboxylic acids is 1. The molecule has 0 aliphatic heterocycles. The van der Waals surface area contributed by atoms with Gasteiger partial charge in [-0.2, -0.15) is 0 Å². The number of carbonyl (C=O) groups excluding carboxylic acids is 1. The van der Waals surface area contributed by atoms with Gasteiger partial charge >= 0.3 is 5.97 Å². The largest absolute Gasteiger partial charge is 0.475 e. The maximum absolute atomic E-state index is 11.7. The Labute approximate surface area is 98.2 Å². The Morgan fingerprint density at radius 1 is 1.35 bits per heavy atom. The summed E-state index contributed by atoms with van der Waals surface area (Å²) < 4.78 is 4.86. The van der Waals surface area contributed by atoms with Gasteiger partial charge in [0.15, 0.2) is 5.76 Å². The topological polar surface area (TPSA) is 99.8 Å². The number of hydrogen-bond donors (Lipinski definition) is 3. The smallest absolute Gasteiger partial charge is 0.371 e. The average molecular weight is 241 g/mol. The molecule has 17 heavy (non-hydrogen) atoms. The van der Waals surface area contributed by atoms with Crippen LogP contribution in [0.25, 0.3) is 0 Å². The molecule has 1 aromatic rings. The third kappa shape index (κ3) is 3.60. The van der Waals surface area contributed by atoms with Crippen molar-refractivity contribution in [2.45, 2.75) is 25.8 Å². The molecule has 0 unspecified atom stereocenters. The number of amides is 1. The molecular weight excluding hydrogens is 226 g/mol.